The third-order valence-corrected chi connectivity index (χ3v) is 8.32. The lowest BCUT2D eigenvalue weighted by molar-refractivity contribution is 1.04. The lowest BCUT2D eigenvalue weighted by Gasteiger charge is -2.12. The Kier molecular flexibility index (Phi) is 6.63. The molecule has 1 heterocycles. The average Bonchev–Trinajstić information content (AvgIpc) is 3.35. The molecule has 0 radical (unpaired) electrons. The van der Waals surface area contributed by atoms with Crippen LogP contribution in [0.15, 0.2) is 140 Å². The van der Waals surface area contributed by atoms with Crippen LogP contribution < -0.4 is 0 Å². The van der Waals surface area contributed by atoms with Crippen LogP contribution in [0.4, 0.5) is 0 Å². The molecule has 2 heteroatoms. The van der Waals surface area contributed by atoms with E-state index in [0.717, 1.165) is 19.3 Å². The molecule has 0 fully saturated rings. The summed E-state index contributed by atoms with van der Waals surface area (Å²) in [6.07, 6.45) is 25.0. The fourth-order valence-electron chi connectivity index (χ4n) is 5.98. The summed E-state index contributed by atoms with van der Waals surface area (Å²) in [6, 6.07) is 29.3. The van der Waals surface area contributed by atoms with Gasteiger partial charge < -0.3 is 4.57 Å². The summed E-state index contributed by atoms with van der Waals surface area (Å²) < 4.78 is 2.42. The van der Waals surface area contributed by atoms with Crippen molar-refractivity contribution < 1.29 is 0 Å². The van der Waals surface area contributed by atoms with Crippen molar-refractivity contribution >= 4 is 56.4 Å². The number of allylic oxidation sites excluding steroid dienone is 10. The van der Waals surface area contributed by atoms with Gasteiger partial charge in [-0.1, -0.05) is 109 Å². The molecule has 4 aromatic carbocycles. The molecule has 194 valence electrons. The molecule has 7 rings (SSSR count). The predicted molar refractivity (Wildman–Crippen MR) is 177 cm³/mol. The van der Waals surface area contributed by atoms with E-state index in [1.165, 1.54) is 60.5 Å². The Bertz CT molecular complexity index is 1920. The zero-order valence-electron chi connectivity index (χ0n) is 22.4. The molecule has 0 spiro atoms. The molecule has 0 bridgehead atoms. The van der Waals surface area contributed by atoms with Crippen molar-refractivity contribution in [1.29, 1.82) is 0 Å². The zero-order chi connectivity index (χ0) is 26.9. The van der Waals surface area contributed by atoms with Crippen LogP contribution in [-0.2, 0) is 0 Å². The van der Waals surface area contributed by atoms with Crippen LogP contribution in [0.1, 0.15) is 30.4 Å². The molecule has 5 aromatic rings. The largest absolute Gasteiger partial charge is 0.309 e. The fourth-order valence-corrected chi connectivity index (χ4v) is 6.18. The number of rotatable bonds is 3. The number of hydrogen-bond donors (Lipinski definition) is 1. The molecule has 0 N–H and O–H groups in total. The second-order valence-corrected chi connectivity index (χ2v) is 11.1. The van der Waals surface area contributed by atoms with Gasteiger partial charge in [0, 0.05) is 21.7 Å². The van der Waals surface area contributed by atoms with Crippen molar-refractivity contribution in [2.24, 2.45) is 0 Å². The number of hydrogen-bond acceptors (Lipinski definition) is 1. The van der Waals surface area contributed by atoms with Gasteiger partial charge in [-0.3, -0.25) is 0 Å². The average molecular weight is 534 g/mol. The molecular formula is C38H31NS. The topological polar surface area (TPSA) is 4.93 Å². The van der Waals surface area contributed by atoms with Crippen molar-refractivity contribution in [3.8, 4) is 5.69 Å². The van der Waals surface area contributed by atoms with Gasteiger partial charge in [0.2, 0.25) is 0 Å². The lowest BCUT2D eigenvalue weighted by Crippen LogP contribution is -1.94. The highest BCUT2D eigenvalue weighted by atomic mass is 32.1. The molecule has 1 aromatic heterocycles. The van der Waals surface area contributed by atoms with E-state index in [2.05, 4.69) is 157 Å². The van der Waals surface area contributed by atoms with Crippen molar-refractivity contribution in [2.75, 3.05) is 0 Å². The summed E-state index contributed by atoms with van der Waals surface area (Å²) in [5, 5.41) is 5.26. The maximum absolute atomic E-state index is 4.62. The minimum absolute atomic E-state index is 0.118. The van der Waals surface area contributed by atoms with Gasteiger partial charge in [-0.25, -0.2) is 0 Å². The molecule has 1 atom stereocenters. The zero-order valence-corrected chi connectivity index (χ0v) is 23.3. The lowest BCUT2D eigenvalue weighted by atomic mass is 9.96. The van der Waals surface area contributed by atoms with E-state index in [1.54, 1.807) is 0 Å². The van der Waals surface area contributed by atoms with Gasteiger partial charge >= 0.3 is 0 Å². The van der Waals surface area contributed by atoms with Gasteiger partial charge in [0.05, 0.1) is 11.0 Å². The maximum Gasteiger partial charge on any atom is 0.0547 e. The van der Waals surface area contributed by atoms with Gasteiger partial charge in [0.1, 0.15) is 0 Å². The molecule has 2 aliphatic carbocycles. The molecule has 2 aliphatic rings. The number of para-hydroxylation sites is 1. The first-order valence-electron chi connectivity index (χ1n) is 14.1. The Balaban J connectivity index is 1.40. The Morgan fingerprint density at radius 2 is 1.52 bits per heavy atom. The number of aromatic nitrogens is 1. The maximum atomic E-state index is 4.62. The number of benzene rings is 4. The van der Waals surface area contributed by atoms with Crippen LogP contribution in [0.3, 0.4) is 0 Å². The molecule has 0 saturated heterocycles. The van der Waals surface area contributed by atoms with Gasteiger partial charge in [-0.05, 0) is 82.6 Å². The third-order valence-electron chi connectivity index (χ3n) is 7.98. The van der Waals surface area contributed by atoms with Crippen molar-refractivity contribution in [1.82, 2.24) is 4.57 Å². The van der Waals surface area contributed by atoms with E-state index < -0.39 is 0 Å². The van der Waals surface area contributed by atoms with E-state index in [4.69, 9.17) is 0 Å². The van der Waals surface area contributed by atoms with Crippen LogP contribution in [0.5, 0.6) is 0 Å². The third kappa shape index (κ3) is 4.59. The standard InChI is InChI=1S/C38H31NS/c40-33-14-6-2-5-12-28(13-9-15-33)31-19-18-30-22-25-37-38(35(30)26-31)34-16-7-8-17-36(34)39(37)32-23-20-29(21-24-32)27-10-3-1-4-11-27/h2-3,5-11,13-26,33,40H,1,4,12H2/b5-2-,14-6-,15-9-,28-13+. The van der Waals surface area contributed by atoms with Gasteiger partial charge in [-0.2, -0.15) is 12.6 Å². The Hall–Kier alpha value is -4.27. The molecule has 0 aliphatic heterocycles. The monoisotopic (exact) mass is 533 g/mol. The summed E-state index contributed by atoms with van der Waals surface area (Å²) >= 11 is 4.62. The SMILES string of the molecule is SC1/C=C\C=C/C/C(c2ccc3ccc4c(c3c2)c2ccccc2n4-c2ccc(C3=CCCC=C3)cc2)=C\C=C/1. The van der Waals surface area contributed by atoms with Crippen molar-refractivity contribution in [3.05, 3.63) is 151 Å². The van der Waals surface area contributed by atoms with Crippen LogP contribution in [0, 0.1) is 0 Å². The Labute approximate surface area is 241 Å². The highest BCUT2D eigenvalue weighted by Crippen LogP contribution is 2.38. The summed E-state index contributed by atoms with van der Waals surface area (Å²) in [5.74, 6) is 0. The highest BCUT2D eigenvalue weighted by molar-refractivity contribution is 7.81. The minimum atomic E-state index is 0.118. The van der Waals surface area contributed by atoms with E-state index in [0.29, 0.717) is 0 Å². The van der Waals surface area contributed by atoms with E-state index in [-0.39, 0.29) is 5.25 Å². The fraction of sp³-hybridized carbons (Fsp3) is 0.105. The number of thiol groups is 1. The van der Waals surface area contributed by atoms with E-state index in [9.17, 15) is 0 Å². The summed E-state index contributed by atoms with van der Waals surface area (Å²) in [7, 11) is 0. The first-order valence-corrected chi connectivity index (χ1v) is 14.6. The van der Waals surface area contributed by atoms with E-state index >= 15 is 0 Å². The Morgan fingerprint density at radius 1 is 0.700 bits per heavy atom. The molecule has 0 saturated carbocycles. The quantitative estimate of drug-likeness (QED) is 0.220. The molecule has 0 amide bonds. The van der Waals surface area contributed by atoms with Crippen LogP contribution in [-0.4, -0.2) is 9.82 Å². The molecule has 1 unspecified atom stereocenters. The predicted octanol–water partition coefficient (Wildman–Crippen LogP) is 10.4. The number of nitrogens with zero attached hydrogens (tertiary/aromatic N) is 1. The second-order valence-electron chi connectivity index (χ2n) is 10.5. The molecule has 1 nitrogen and oxygen atoms in total. The van der Waals surface area contributed by atoms with Crippen molar-refractivity contribution in [2.45, 2.75) is 24.5 Å². The molecule has 40 heavy (non-hydrogen) atoms. The second kappa shape index (κ2) is 10.7. The first kappa shape index (κ1) is 24.7. The normalized spacial score (nSPS) is 21.2. The van der Waals surface area contributed by atoms with Crippen LogP contribution in [0.2, 0.25) is 0 Å². The summed E-state index contributed by atoms with van der Waals surface area (Å²) in [6.45, 7) is 0. The van der Waals surface area contributed by atoms with Gasteiger partial charge in [0.25, 0.3) is 0 Å². The first-order chi connectivity index (χ1) is 19.8. The smallest absolute Gasteiger partial charge is 0.0547 e. The number of fused-ring (bicyclic) bond motifs is 5. The molecular weight excluding hydrogens is 502 g/mol. The van der Waals surface area contributed by atoms with E-state index in [1.807, 2.05) is 0 Å². The van der Waals surface area contributed by atoms with Gasteiger partial charge in [0.15, 0.2) is 0 Å². The van der Waals surface area contributed by atoms with Gasteiger partial charge in [-0.15, -0.1) is 0 Å². The summed E-state index contributed by atoms with van der Waals surface area (Å²) in [4.78, 5) is 0. The summed E-state index contributed by atoms with van der Waals surface area (Å²) in [5.41, 5.74) is 8.80. The van der Waals surface area contributed by atoms with Crippen LogP contribution >= 0.6 is 12.6 Å². The Morgan fingerprint density at radius 3 is 2.40 bits per heavy atom. The van der Waals surface area contributed by atoms with Crippen molar-refractivity contribution in [3.63, 3.8) is 0 Å². The highest BCUT2D eigenvalue weighted by Gasteiger charge is 2.15. The minimum Gasteiger partial charge on any atom is -0.309 e. The van der Waals surface area contributed by atoms with Crippen LogP contribution in [0.25, 0.3) is 49.4 Å².